The van der Waals surface area contributed by atoms with Gasteiger partial charge in [0.15, 0.2) is 0 Å². The molecule has 4 rings (SSSR count). The van der Waals surface area contributed by atoms with Crippen LogP contribution in [-0.4, -0.2) is 58.2 Å². The lowest BCUT2D eigenvalue weighted by Crippen LogP contribution is -2.48. The van der Waals surface area contributed by atoms with Gasteiger partial charge in [-0.2, -0.15) is 5.10 Å². The number of rotatable bonds is 6. The highest BCUT2D eigenvalue weighted by Gasteiger charge is 2.21. The number of piperazine rings is 1. The number of nitrogens with zero attached hydrogens (tertiary/aromatic N) is 4. The van der Waals surface area contributed by atoms with Gasteiger partial charge in [0.1, 0.15) is 0 Å². The van der Waals surface area contributed by atoms with E-state index in [1.807, 2.05) is 40.8 Å². The maximum atomic E-state index is 13.1. The Kier molecular flexibility index (Phi) is 6.63. The Hall–Kier alpha value is -3.18. The Balaban J connectivity index is 1.31. The first-order chi connectivity index (χ1) is 15.1. The van der Waals surface area contributed by atoms with Crippen molar-refractivity contribution in [2.75, 3.05) is 32.7 Å². The molecule has 160 valence electrons. The first-order valence-electron chi connectivity index (χ1n) is 10.9. The molecule has 2 aromatic carbocycles. The van der Waals surface area contributed by atoms with Gasteiger partial charge in [0.05, 0.1) is 12.2 Å². The number of benzene rings is 2. The van der Waals surface area contributed by atoms with Gasteiger partial charge < -0.3 is 4.90 Å². The lowest BCUT2D eigenvalue weighted by Gasteiger charge is -2.34. The van der Waals surface area contributed by atoms with Crippen molar-refractivity contribution in [1.82, 2.24) is 19.6 Å². The molecule has 0 unspecified atom stereocenters. The topological polar surface area (TPSA) is 41.4 Å². The Bertz CT molecular complexity index is 1050. The standard InChI is InChI=1S/C26H30N4O/c1-21-18-22(2)30(27-21)20-24-10-6-12-25(19-24)26(31)29-16-14-28(15-17-29)13-7-11-23-8-4-3-5-9-23/h3-12,18-19H,13-17,20H2,1-2H3/b11-7+. The number of amides is 1. The van der Waals surface area contributed by atoms with Crippen LogP contribution >= 0.6 is 0 Å². The molecule has 2 heterocycles. The molecular weight excluding hydrogens is 384 g/mol. The number of carbonyl (C=O) groups is 1. The molecule has 1 saturated heterocycles. The fraction of sp³-hybridized carbons (Fsp3) is 0.308. The van der Waals surface area contributed by atoms with E-state index in [4.69, 9.17) is 0 Å². The van der Waals surface area contributed by atoms with E-state index in [2.05, 4.69) is 65.5 Å². The number of hydrogen-bond donors (Lipinski definition) is 0. The monoisotopic (exact) mass is 414 g/mol. The number of aromatic nitrogens is 2. The summed E-state index contributed by atoms with van der Waals surface area (Å²) >= 11 is 0. The smallest absolute Gasteiger partial charge is 0.253 e. The summed E-state index contributed by atoms with van der Waals surface area (Å²) in [5.74, 6) is 0.120. The van der Waals surface area contributed by atoms with Crippen molar-refractivity contribution in [2.24, 2.45) is 0 Å². The molecule has 1 aliphatic heterocycles. The van der Waals surface area contributed by atoms with E-state index in [0.29, 0.717) is 6.54 Å². The van der Waals surface area contributed by atoms with E-state index >= 15 is 0 Å². The summed E-state index contributed by atoms with van der Waals surface area (Å²) in [6.07, 6.45) is 4.36. The van der Waals surface area contributed by atoms with Crippen molar-refractivity contribution < 1.29 is 4.79 Å². The molecule has 31 heavy (non-hydrogen) atoms. The van der Waals surface area contributed by atoms with Crippen LogP contribution in [0.15, 0.2) is 66.7 Å². The van der Waals surface area contributed by atoms with E-state index in [-0.39, 0.29) is 5.91 Å². The van der Waals surface area contributed by atoms with Crippen molar-refractivity contribution in [3.8, 4) is 0 Å². The van der Waals surface area contributed by atoms with Crippen LogP contribution in [0.4, 0.5) is 0 Å². The average molecular weight is 415 g/mol. The van der Waals surface area contributed by atoms with Crippen molar-refractivity contribution in [3.63, 3.8) is 0 Å². The predicted molar refractivity (Wildman–Crippen MR) is 125 cm³/mol. The zero-order valence-electron chi connectivity index (χ0n) is 18.4. The van der Waals surface area contributed by atoms with E-state index < -0.39 is 0 Å². The maximum Gasteiger partial charge on any atom is 0.253 e. The molecule has 3 aromatic rings. The molecule has 1 fully saturated rings. The fourth-order valence-electron chi connectivity index (χ4n) is 4.03. The summed E-state index contributed by atoms with van der Waals surface area (Å²) in [6, 6.07) is 20.4. The van der Waals surface area contributed by atoms with E-state index in [1.165, 1.54) is 5.56 Å². The Morgan fingerprint density at radius 2 is 1.74 bits per heavy atom. The molecule has 0 radical (unpaired) electrons. The Morgan fingerprint density at radius 3 is 2.45 bits per heavy atom. The highest BCUT2D eigenvalue weighted by molar-refractivity contribution is 5.94. The van der Waals surface area contributed by atoms with Gasteiger partial charge in [-0.3, -0.25) is 14.4 Å². The molecule has 0 saturated carbocycles. The van der Waals surface area contributed by atoms with Crippen LogP contribution in [-0.2, 0) is 6.54 Å². The van der Waals surface area contributed by atoms with Crippen LogP contribution in [0.5, 0.6) is 0 Å². The predicted octanol–water partition coefficient (Wildman–Crippen LogP) is 4.02. The third-order valence-electron chi connectivity index (χ3n) is 5.74. The normalized spacial score (nSPS) is 15.0. The number of carbonyl (C=O) groups excluding carboxylic acids is 1. The molecular formula is C26H30N4O. The number of aryl methyl sites for hydroxylation is 2. The maximum absolute atomic E-state index is 13.1. The van der Waals surface area contributed by atoms with E-state index in [9.17, 15) is 4.79 Å². The molecule has 5 nitrogen and oxygen atoms in total. The van der Waals surface area contributed by atoms with Crippen LogP contribution < -0.4 is 0 Å². The van der Waals surface area contributed by atoms with E-state index in [0.717, 1.165) is 55.2 Å². The molecule has 5 heteroatoms. The second-order valence-electron chi connectivity index (χ2n) is 8.19. The van der Waals surface area contributed by atoms with Crippen molar-refractivity contribution >= 4 is 12.0 Å². The van der Waals surface area contributed by atoms with Gasteiger partial charge in [0, 0.05) is 44.0 Å². The molecule has 1 amide bonds. The SMILES string of the molecule is Cc1cc(C)n(Cc2cccc(C(=O)N3CCN(C/C=C/c4ccccc4)CC3)c2)n1. The van der Waals surface area contributed by atoms with Crippen LogP contribution in [0.2, 0.25) is 0 Å². The zero-order valence-corrected chi connectivity index (χ0v) is 18.4. The van der Waals surface area contributed by atoms with Crippen molar-refractivity contribution in [2.45, 2.75) is 20.4 Å². The average Bonchev–Trinajstić information content (AvgIpc) is 3.11. The highest BCUT2D eigenvalue weighted by atomic mass is 16.2. The van der Waals surface area contributed by atoms with Crippen molar-refractivity contribution in [3.05, 3.63) is 94.8 Å². The summed E-state index contributed by atoms with van der Waals surface area (Å²) in [5.41, 5.74) is 5.22. The summed E-state index contributed by atoms with van der Waals surface area (Å²) in [5, 5.41) is 4.53. The lowest BCUT2D eigenvalue weighted by molar-refractivity contribution is 0.0650. The fourth-order valence-corrected chi connectivity index (χ4v) is 4.03. The largest absolute Gasteiger partial charge is 0.336 e. The summed E-state index contributed by atoms with van der Waals surface area (Å²) < 4.78 is 1.99. The zero-order chi connectivity index (χ0) is 21.6. The van der Waals surface area contributed by atoms with Crippen LogP contribution in [0.3, 0.4) is 0 Å². The van der Waals surface area contributed by atoms with Gasteiger partial charge in [0.25, 0.3) is 5.91 Å². The first-order valence-corrected chi connectivity index (χ1v) is 10.9. The third-order valence-corrected chi connectivity index (χ3v) is 5.74. The van der Waals surface area contributed by atoms with Gasteiger partial charge in [-0.1, -0.05) is 54.6 Å². The molecule has 0 aliphatic carbocycles. The quantitative estimate of drug-likeness (QED) is 0.612. The first kappa shape index (κ1) is 21.1. The van der Waals surface area contributed by atoms with Gasteiger partial charge in [-0.05, 0) is 43.2 Å². The Labute approximate surface area is 184 Å². The molecule has 0 spiro atoms. The molecule has 0 N–H and O–H groups in total. The second-order valence-corrected chi connectivity index (χ2v) is 8.19. The van der Waals surface area contributed by atoms with Gasteiger partial charge >= 0.3 is 0 Å². The minimum Gasteiger partial charge on any atom is -0.336 e. The second kappa shape index (κ2) is 9.75. The molecule has 0 bridgehead atoms. The van der Waals surface area contributed by atoms with Crippen LogP contribution in [0, 0.1) is 13.8 Å². The van der Waals surface area contributed by atoms with Crippen LogP contribution in [0.25, 0.3) is 6.08 Å². The lowest BCUT2D eigenvalue weighted by atomic mass is 10.1. The van der Waals surface area contributed by atoms with Gasteiger partial charge in [-0.15, -0.1) is 0 Å². The molecule has 1 aromatic heterocycles. The van der Waals surface area contributed by atoms with Crippen LogP contribution in [0.1, 0.15) is 32.9 Å². The summed E-state index contributed by atoms with van der Waals surface area (Å²) in [6.45, 7) is 8.98. The minimum absolute atomic E-state index is 0.120. The minimum atomic E-state index is 0.120. The summed E-state index contributed by atoms with van der Waals surface area (Å²) in [7, 11) is 0. The summed E-state index contributed by atoms with van der Waals surface area (Å²) in [4.78, 5) is 17.4. The highest BCUT2D eigenvalue weighted by Crippen LogP contribution is 2.13. The number of hydrogen-bond acceptors (Lipinski definition) is 3. The van der Waals surface area contributed by atoms with E-state index in [1.54, 1.807) is 0 Å². The van der Waals surface area contributed by atoms with Crippen molar-refractivity contribution in [1.29, 1.82) is 0 Å². The Morgan fingerprint density at radius 1 is 0.968 bits per heavy atom. The molecule has 1 aliphatic rings. The van der Waals surface area contributed by atoms with Gasteiger partial charge in [0.2, 0.25) is 0 Å². The molecule has 0 atom stereocenters. The van der Waals surface area contributed by atoms with Gasteiger partial charge in [-0.25, -0.2) is 0 Å². The third kappa shape index (κ3) is 5.50.